The molecule has 102 valence electrons. The largest absolute Gasteiger partial charge is 0.383 e. The quantitative estimate of drug-likeness (QED) is 0.828. The van der Waals surface area contributed by atoms with E-state index in [0.717, 1.165) is 16.8 Å². The van der Waals surface area contributed by atoms with Gasteiger partial charge in [0.1, 0.15) is 5.82 Å². The van der Waals surface area contributed by atoms with Crippen molar-refractivity contribution in [3.8, 4) is 0 Å². The Morgan fingerprint density at radius 1 is 1.37 bits per heavy atom. The summed E-state index contributed by atoms with van der Waals surface area (Å²) >= 11 is 0. The van der Waals surface area contributed by atoms with Gasteiger partial charge in [0.25, 0.3) is 0 Å². The molecule has 3 heterocycles. The van der Waals surface area contributed by atoms with E-state index >= 15 is 0 Å². The second-order valence-electron chi connectivity index (χ2n) is 5.57. The van der Waals surface area contributed by atoms with Crippen molar-refractivity contribution < 1.29 is 9.53 Å². The molecule has 0 radical (unpaired) electrons. The Labute approximate surface area is 112 Å². The number of hydrogen-bond donors (Lipinski definition) is 2. The molecule has 0 saturated carbocycles. The summed E-state index contributed by atoms with van der Waals surface area (Å²) in [6.45, 7) is 5.61. The number of ketones is 1. The second kappa shape index (κ2) is 4.58. The van der Waals surface area contributed by atoms with Crippen LogP contribution in [0.3, 0.4) is 0 Å². The van der Waals surface area contributed by atoms with E-state index in [9.17, 15) is 4.79 Å². The third-order valence-electron chi connectivity index (χ3n) is 3.97. The zero-order chi connectivity index (χ0) is 13.6. The number of aromatic nitrogens is 1. The first-order chi connectivity index (χ1) is 9.08. The summed E-state index contributed by atoms with van der Waals surface area (Å²) in [4.78, 5) is 16.6. The number of carbonyl (C=O) groups is 1. The minimum atomic E-state index is -0.109. The molecule has 3 N–H and O–H groups in total. The van der Waals surface area contributed by atoms with Crippen molar-refractivity contribution >= 4 is 11.6 Å². The molecule has 2 aliphatic heterocycles. The van der Waals surface area contributed by atoms with E-state index in [1.165, 1.54) is 5.56 Å². The number of rotatable bonds is 2. The highest BCUT2D eigenvalue weighted by atomic mass is 16.5. The number of hydrogen-bond acceptors (Lipinski definition) is 5. The Bertz CT molecular complexity index is 540. The van der Waals surface area contributed by atoms with Gasteiger partial charge in [0.2, 0.25) is 0 Å². The summed E-state index contributed by atoms with van der Waals surface area (Å²) in [5, 5.41) is 3.27. The van der Waals surface area contributed by atoms with E-state index in [-0.39, 0.29) is 17.7 Å². The molecular weight excluding hydrogens is 242 g/mol. The summed E-state index contributed by atoms with van der Waals surface area (Å²) < 4.78 is 5.48. The Hall–Kier alpha value is -1.46. The molecule has 0 bridgehead atoms. The zero-order valence-corrected chi connectivity index (χ0v) is 11.3. The van der Waals surface area contributed by atoms with Crippen LogP contribution >= 0.6 is 0 Å². The monoisotopic (exact) mass is 261 g/mol. The van der Waals surface area contributed by atoms with Gasteiger partial charge in [0.05, 0.1) is 24.9 Å². The molecule has 0 spiro atoms. The zero-order valence-electron chi connectivity index (χ0n) is 11.3. The van der Waals surface area contributed by atoms with E-state index < -0.39 is 0 Å². The molecule has 5 heteroatoms. The van der Waals surface area contributed by atoms with Crippen molar-refractivity contribution in [3.63, 3.8) is 0 Å². The Morgan fingerprint density at radius 3 is 2.84 bits per heavy atom. The first kappa shape index (κ1) is 12.6. The van der Waals surface area contributed by atoms with Gasteiger partial charge in [-0.3, -0.25) is 4.79 Å². The Morgan fingerprint density at radius 2 is 2.11 bits per heavy atom. The maximum Gasteiger partial charge on any atom is 0.152 e. The third kappa shape index (κ3) is 2.03. The lowest BCUT2D eigenvalue weighted by atomic mass is 9.88. The number of nitrogens with two attached hydrogens (primary N) is 1. The standard InChI is InChI=1S/C14H19N3O2/c1-7(2)13(18)11-3-8-9-5-19-6-10(9)14(15)17-12(8)4-16-11/h7,11,16H,3-6H2,1-2H3,(H2,15,17)/t11-/m1/s1. The number of nitrogens with zero attached hydrogens (tertiary/aromatic N) is 1. The molecular formula is C14H19N3O2. The van der Waals surface area contributed by atoms with Crippen LogP contribution in [0.15, 0.2) is 0 Å². The molecule has 0 aliphatic carbocycles. The number of nitrogens with one attached hydrogen (secondary N) is 1. The summed E-state index contributed by atoms with van der Waals surface area (Å²) in [6, 6.07) is -0.109. The minimum absolute atomic E-state index is 0.0464. The fourth-order valence-corrected chi connectivity index (χ4v) is 2.87. The molecule has 0 amide bonds. The van der Waals surface area contributed by atoms with E-state index in [2.05, 4.69) is 10.3 Å². The molecule has 0 saturated heterocycles. The highest BCUT2D eigenvalue weighted by molar-refractivity contribution is 5.86. The lowest BCUT2D eigenvalue weighted by Gasteiger charge is -2.27. The number of carbonyl (C=O) groups excluding carboxylic acids is 1. The van der Waals surface area contributed by atoms with Gasteiger partial charge >= 0.3 is 0 Å². The van der Waals surface area contributed by atoms with Crippen molar-refractivity contribution in [1.29, 1.82) is 0 Å². The Kier molecular flexibility index (Phi) is 3.03. The van der Waals surface area contributed by atoms with Crippen LogP contribution in [-0.2, 0) is 35.7 Å². The van der Waals surface area contributed by atoms with Crippen molar-refractivity contribution in [1.82, 2.24) is 10.3 Å². The molecule has 0 fully saturated rings. The molecule has 1 aromatic rings. The predicted molar refractivity (Wildman–Crippen MR) is 71.3 cm³/mol. The van der Waals surface area contributed by atoms with Gasteiger partial charge in [0, 0.05) is 18.0 Å². The SMILES string of the molecule is CC(C)C(=O)[C@H]1Cc2c(nc(N)c3c2COC3)CN1. The number of anilines is 1. The summed E-state index contributed by atoms with van der Waals surface area (Å²) in [5.74, 6) is 0.877. The molecule has 1 atom stereocenters. The highest BCUT2D eigenvalue weighted by Crippen LogP contribution is 2.32. The molecule has 3 rings (SSSR count). The highest BCUT2D eigenvalue weighted by Gasteiger charge is 2.31. The molecule has 2 aliphatic rings. The van der Waals surface area contributed by atoms with Gasteiger partial charge < -0.3 is 15.8 Å². The molecule has 5 nitrogen and oxygen atoms in total. The molecule has 0 aromatic carbocycles. The summed E-state index contributed by atoms with van der Waals surface area (Å²) in [6.07, 6.45) is 0.700. The third-order valence-corrected chi connectivity index (χ3v) is 3.97. The topological polar surface area (TPSA) is 77.2 Å². The lowest BCUT2D eigenvalue weighted by Crippen LogP contribution is -2.44. The van der Waals surface area contributed by atoms with E-state index in [1.807, 2.05) is 13.8 Å². The fraction of sp³-hybridized carbons (Fsp3) is 0.571. The first-order valence-electron chi connectivity index (χ1n) is 6.71. The van der Waals surface area contributed by atoms with Crippen LogP contribution in [0.2, 0.25) is 0 Å². The van der Waals surface area contributed by atoms with E-state index in [4.69, 9.17) is 10.5 Å². The van der Waals surface area contributed by atoms with Crippen LogP contribution < -0.4 is 11.1 Å². The van der Waals surface area contributed by atoms with Crippen molar-refractivity contribution in [3.05, 3.63) is 22.4 Å². The van der Waals surface area contributed by atoms with Gasteiger partial charge in [-0.25, -0.2) is 4.98 Å². The number of Topliss-reactive ketones (excluding diaryl/α,β-unsaturated/α-hetero) is 1. The van der Waals surface area contributed by atoms with Gasteiger partial charge in [-0.05, 0) is 17.5 Å². The van der Waals surface area contributed by atoms with Crippen LogP contribution in [0.5, 0.6) is 0 Å². The van der Waals surface area contributed by atoms with Gasteiger partial charge in [-0.2, -0.15) is 0 Å². The van der Waals surface area contributed by atoms with Crippen molar-refractivity contribution in [2.24, 2.45) is 5.92 Å². The predicted octanol–water partition coefficient (Wildman–Crippen LogP) is 0.933. The van der Waals surface area contributed by atoms with Crippen LogP contribution in [-0.4, -0.2) is 16.8 Å². The van der Waals surface area contributed by atoms with Crippen LogP contribution in [0.25, 0.3) is 0 Å². The normalized spacial score (nSPS) is 21.3. The van der Waals surface area contributed by atoms with Crippen molar-refractivity contribution in [2.45, 2.75) is 46.1 Å². The molecule has 0 unspecified atom stereocenters. The smallest absolute Gasteiger partial charge is 0.152 e. The van der Waals surface area contributed by atoms with Gasteiger partial charge in [-0.1, -0.05) is 13.8 Å². The number of pyridine rings is 1. The lowest BCUT2D eigenvalue weighted by molar-refractivity contribution is -0.124. The second-order valence-corrected chi connectivity index (χ2v) is 5.57. The number of nitrogen functional groups attached to an aromatic ring is 1. The summed E-state index contributed by atoms with van der Waals surface area (Å²) in [5.41, 5.74) is 10.3. The average molecular weight is 261 g/mol. The van der Waals surface area contributed by atoms with Crippen LogP contribution in [0.1, 0.15) is 36.2 Å². The number of fused-ring (bicyclic) bond motifs is 3. The fourth-order valence-electron chi connectivity index (χ4n) is 2.87. The Balaban J connectivity index is 1.97. The first-order valence-corrected chi connectivity index (χ1v) is 6.71. The van der Waals surface area contributed by atoms with E-state index in [0.29, 0.717) is 32.0 Å². The van der Waals surface area contributed by atoms with Crippen LogP contribution in [0.4, 0.5) is 5.82 Å². The molecule has 1 aromatic heterocycles. The maximum atomic E-state index is 12.1. The minimum Gasteiger partial charge on any atom is -0.383 e. The van der Waals surface area contributed by atoms with Gasteiger partial charge in [-0.15, -0.1) is 0 Å². The van der Waals surface area contributed by atoms with Gasteiger partial charge in [0.15, 0.2) is 5.78 Å². The number of ether oxygens (including phenoxy) is 1. The maximum absolute atomic E-state index is 12.1. The molecule has 19 heavy (non-hydrogen) atoms. The van der Waals surface area contributed by atoms with E-state index in [1.54, 1.807) is 0 Å². The van der Waals surface area contributed by atoms with Crippen LogP contribution in [0, 0.1) is 5.92 Å². The average Bonchev–Trinajstić information content (AvgIpc) is 2.87. The summed E-state index contributed by atoms with van der Waals surface area (Å²) in [7, 11) is 0. The van der Waals surface area contributed by atoms with Crippen molar-refractivity contribution in [2.75, 3.05) is 5.73 Å².